The van der Waals surface area contributed by atoms with Crippen LogP contribution in [0.3, 0.4) is 0 Å². The van der Waals surface area contributed by atoms with Gasteiger partial charge in [0.1, 0.15) is 0 Å². The van der Waals surface area contributed by atoms with Crippen molar-refractivity contribution < 1.29 is 19.1 Å². The van der Waals surface area contributed by atoms with Crippen LogP contribution in [0.4, 0.5) is 0 Å². The van der Waals surface area contributed by atoms with Crippen molar-refractivity contribution in [2.24, 2.45) is 17.6 Å². The van der Waals surface area contributed by atoms with Crippen molar-refractivity contribution in [2.75, 3.05) is 13.2 Å². The maximum Gasteiger partial charge on any atom is 0.310 e. The van der Waals surface area contributed by atoms with Crippen LogP contribution in [0.1, 0.15) is 64.7 Å². The van der Waals surface area contributed by atoms with Gasteiger partial charge in [-0.1, -0.05) is 32.1 Å². The highest BCUT2D eigenvalue weighted by atomic mass is 16.5. The molecule has 0 aromatic rings. The van der Waals surface area contributed by atoms with Crippen LogP contribution in [0.2, 0.25) is 0 Å². The number of carbonyl (C=O) groups is 3. The lowest BCUT2D eigenvalue weighted by atomic mass is 9.79. The summed E-state index contributed by atoms with van der Waals surface area (Å²) in [5.41, 5.74) is 5.40. The molecule has 2 aliphatic carbocycles. The number of rotatable bonds is 6. The van der Waals surface area contributed by atoms with E-state index in [2.05, 4.69) is 0 Å². The Morgan fingerprint density at radius 1 is 0.958 bits per heavy atom. The van der Waals surface area contributed by atoms with Gasteiger partial charge in [0.2, 0.25) is 5.91 Å². The molecule has 0 heterocycles. The lowest BCUT2D eigenvalue weighted by molar-refractivity contribution is -0.160. The maximum absolute atomic E-state index is 12.4. The molecule has 0 aliphatic heterocycles. The molecule has 2 rings (SSSR count). The van der Waals surface area contributed by atoms with Crippen LogP contribution in [0.5, 0.6) is 0 Å². The molecule has 0 unspecified atom stereocenters. The molecule has 6 nitrogen and oxygen atoms in total. The lowest BCUT2D eigenvalue weighted by Gasteiger charge is -2.33. The fourth-order valence-electron chi connectivity index (χ4n) is 4.11. The quantitative estimate of drug-likeness (QED) is 0.750. The van der Waals surface area contributed by atoms with E-state index in [9.17, 15) is 14.4 Å². The van der Waals surface area contributed by atoms with Gasteiger partial charge >= 0.3 is 5.97 Å². The fourth-order valence-corrected chi connectivity index (χ4v) is 4.11. The second-order valence-electron chi connectivity index (χ2n) is 6.98. The van der Waals surface area contributed by atoms with Crippen LogP contribution in [-0.4, -0.2) is 41.9 Å². The number of nitrogens with two attached hydrogens (primary N) is 1. The van der Waals surface area contributed by atoms with Crippen LogP contribution in [0.15, 0.2) is 0 Å². The van der Waals surface area contributed by atoms with Gasteiger partial charge in [0, 0.05) is 12.6 Å². The van der Waals surface area contributed by atoms with E-state index >= 15 is 0 Å². The highest BCUT2D eigenvalue weighted by Crippen LogP contribution is 2.31. The number of nitrogens with zero attached hydrogens (tertiary/aromatic N) is 1. The van der Waals surface area contributed by atoms with E-state index in [4.69, 9.17) is 10.5 Å². The van der Waals surface area contributed by atoms with Gasteiger partial charge in [0.15, 0.2) is 6.61 Å². The molecule has 0 radical (unpaired) electrons. The zero-order valence-electron chi connectivity index (χ0n) is 14.7. The van der Waals surface area contributed by atoms with Gasteiger partial charge in [0.05, 0.1) is 11.8 Å². The smallest absolute Gasteiger partial charge is 0.310 e. The maximum atomic E-state index is 12.4. The summed E-state index contributed by atoms with van der Waals surface area (Å²) in [5, 5.41) is 0. The molecule has 0 aromatic heterocycles. The van der Waals surface area contributed by atoms with E-state index in [0.29, 0.717) is 19.4 Å². The zero-order valence-corrected chi connectivity index (χ0v) is 14.7. The van der Waals surface area contributed by atoms with E-state index in [1.807, 2.05) is 11.8 Å². The summed E-state index contributed by atoms with van der Waals surface area (Å²) in [5.74, 6) is -1.98. The lowest BCUT2D eigenvalue weighted by Crippen LogP contribution is -2.44. The van der Waals surface area contributed by atoms with Crippen molar-refractivity contribution in [3.05, 3.63) is 0 Å². The highest BCUT2D eigenvalue weighted by molar-refractivity contribution is 5.86. The van der Waals surface area contributed by atoms with Crippen molar-refractivity contribution >= 4 is 17.8 Å². The second kappa shape index (κ2) is 9.04. The highest BCUT2D eigenvalue weighted by Gasteiger charge is 2.36. The topological polar surface area (TPSA) is 89.7 Å². The van der Waals surface area contributed by atoms with Gasteiger partial charge in [0.25, 0.3) is 5.91 Å². The molecule has 6 heteroatoms. The largest absolute Gasteiger partial charge is 0.455 e. The Labute approximate surface area is 144 Å². The van der Waals surface area contributed by atoms with Crippen LogP contribution >= 0.6 is 0 Å². The first-order valence-corrected chi connectivity index (χ1v) is 9.30. The molecule has 2 amide bonds. The van der Waals surface area contributed by atoms with Crippen molar-refractivity contribution in [3.63, 3.8) is 0 Å². The number of carbonyl (C=O) groups excluding carboxylic acids is 3. The van der Waals surface area contributed by atoms with E-state index in [1.165, 1.54) is 6.42 Å². The summed E-state index contributed by atoms with van der Waals surface area (Å²) in [6.07, 6.45) is 8.62. The number of hydrogen-bond donors (Lipinski definition) is 1. The van der Waals surface area contributed by atoms with Crippen molar-refractivity contribution in [3.8, 4) is 0 Å². The molecule has 2 fully saturated rings. The Hall–Kier alpha value is -1.59. The van der Waals surface area contributed by atoms with Gasteiger partial charge < -0.3 is 15.4 Å². The van der Waals surface area contributed by atoms with E-state index < -0.39 is 23.7 Å². The Morgan fingerprint density at radius 2 is 1.54 bits per heavy atom. The summed E-state index contributed by atoms with van der Waals surface area (Å²) in [6, 6.07) is 0.267. The van der Waals surface area contributed by atoms with Gasteiger partial charge in [-0.25, -0.2) is 0 Å². The SMILES string of the molecule is CCN(C(=O)COC(=O)[C@@H]1CCCC[C@@H]1C(N)=O)C1CCCCC1. The minimum absolute atomic E-state index is 0.135. The third kappa shape index (κ3) is 4.71. The first-order chi connectivity index (χ1) is 11.5. The molecule has 0 spiro atoms. The Bertz CT molecular complexity index is 460. The van der Waals surface area contributed by atoms with Gasteiger partial charge in [-0.3, -0.25) is 14.4 Å². The fraction of sp³-hybridized carbons (Fsp3) is 0.833. The minimum atomic E-state index is -0.492. The number of hydrogen-bond acceptors (Lipinski definition) is 4. The molecular formula is C18H30N2O4. The van der Waals surface area contributed by atoms with Crippen LogP contribution in [-0.2, 0) is 19.1 Å². The molecule has 2 saturated carbocycles. The van der Waals surface area contributed by atoms with Crippen molar-refractivity contribution in [1.82, 2.24) is 4.90 Å². The molecule has 2 atom stereocenters. The van der Waals surface area contributed by atoms with Crippen LogP contribution in [0, 0.1) is 11.8 Å². The normalized spacial score (nSPS) is 25.0. The number of ether oxygens (including phenoxy) is 1. The first kappa shape index (κ1) is 18.7. The third-order valence-electron chi connectivity index (χ3n) is 5.45. The number of amides is 2. The zero-order chi connectivity index (χ0) is 17.5. The van der Waals surface area contributed by atoms with Crippen LogP contribution in [0.25, 0.3) is 0 Å². The summed E-state index contributed by atoms with van der Waals surface area (Å²) < 4.78 is 5.26. The predicted octanol–water partition coefficient (Wildman–Crippen LogP) is 2.00. The number of likely N-dealkylation sites (N-methyl/N-ethyl adjacent to an activating group) is 1. The van der Waals surface area contributed by atoms with Gasteiger partial charge in [-0.2, -0.15) is 0 Å². The summed E-state index contributed by atoms with van der Waals surface area (Å²) in [6.45, 7) is 2.36. The monoisotopic (exact) mass is 338 g/mol. The first-order valence-electron chi connectivity index (χ1n) is 9.30. The van der Waals surface area contributed by atoms with Gasteiger partial charge in [-0.15, -0.1) is 0 Å². The standard InChI is InChI=1S/C18H30N2O4/c1-2-20(13-8-4-3-5-9-13)16(21)12-24-18(23)15-11-7-6-10-14(15)17(19)22/h13-15H,2-12H2,1H3,(H2,19,22)/t14-,15+/m0/s1. The molecule has 24 heavy (non-hydrogen) atoms. The van der Waals surface area contributed by atoms with E-state index in [0.717, 1.165) is 38.5 Å². The molecular weight excluding hydrogens is 308 g/mol. The van der Waals surface area contributed by atoms with Crippen molar-refractivity contribution in [2.45, 2.75) is 70.8 Å². The molecule has 0 aromatic carbocycles. The molecule has 136 valence electrons. The summed E-state index contributed by atoms with van der Waals surface area (Å²) >= 11 is 0. The number of esters is 1. The Kier molecular flexibility index (Phi) is 7.06. The van der Waals surface area contributed by atoms with E-state index in [-0.39, 0.29) is 18.6 Å². The molecule has 0 bridgehead atoms. The summed E-state index contributed by atoms with van der Waals surface area (Å²) in [7, 11) is 0. The Morgan fingerprint density at radius 3 is 2.12 bits per heavy atom. The average Bonchev–Trinajstić information content (AvgIpc) is 2.61. The third-order valence-corrected chi connectivity index (χ3v) is 5.45. The average molecular weight is 338 g/mol. The molecule has 2 aliphatic rings. The predicted molar refractivity (Wildman–Crippen MR) is 89.9 cm³/mol. The van der Waals surface area contributed by atoms with E-state index in [1.54, 1.807) is 0 Å². The minimum Gasteiger partial charge on any atom is -0.455 e. The van der Waals surface area contributed by atoms with Crippen LogP contribution < -0.4 is 5.73 Å². The molecule has 0 saturated heterocycles. The molecule has 2 N–H and O–H groups in total. The number of primary amides is 1. The summed E-state index contributed by atoms with van der Waals surface area (Å²) in [4.78, 5) is 38.1. The second-order valence-corrected chi connectivity index (χ2v) is 6.98. The Balaban J connectivity index is 1.87. The van der Waals surface area contributed by atoms with Crippen molar-refractivity contribution in [1.29, 1.82) is 0 Å². The van der Waals surface area contributed by atoms with Gasteiger partial charge in [-0.05, 0) is 32.6 Å².